The molecular weight excluding hydrogens is 329 g/mol. The molecule has 0 bridgehead atoms. The second-order valence-electron chi connectivity index (χ2n) is 7.14. The molecule has 0 atom stereocenters. The Morgan fingerprint density at radius 3 is 2.88 bits per heavy atom. The molecule has 1 N–H and O–H groups in total. The first-order valence-electron chi connectivity index (χ1n) is 9.28. The van der Waals surface area contributed by atoms with Crippen molar-refractivity contribution in [3.8, 4) is 5.88 Å². The number of aryl methyl sites for hydroxylation is 1. The summed E-state index contributed by atoms with van der Waals surface area (Å²) in [7, 11) is 1.11. The molecule has 26 heavy (non-hydrogen) atoms. The van der Waals surface area contributed by atoms with Crippen molar-refractivity contribution in [2.24, 2.45) is 0 Å². The molecule has 1 aromatic carbocycles. The maximum absolute atomic E-state index is 9.77. The van der Waals surface area contributed by atoms with E-state index < -0.39 is 7.12 Å². The normalized spacial score (nSPS) is 17.3. The minimum absolute atomic E-state index is 0.258. The van der Waals surface area contributed by atoms with Gasteiger partial charge in [0.15, 0.2) is 0 Å². The van der Waals surface area contributed by atoms with E-state index in [-0.39, 0.29) is 6.10 Å². The van der Waals surface area contributed by atoms with Gasteiger partial charge in [-0.2, -0.15) is 4.98 Å². The van der Waals surface area contributed by atoms with Gasteiger partial charge in [0, 0.05) is 24.5 Å². The third-order valence-electron chi connectivity index (χ3n) is 5.22. The van der Waals surface area contributed by atoms with Gasteiger partial charge in [0.25, 0.3) is 0 Å². The third-order valence-corrected chi connectivity index (χ3v) is 5.22. The van der Waals surface area contributed by atoms with E-state index in [0.717, 1.165) is 35.1 Å². The number of anilines is 2. The summed E-state index contributed by atoms with van der Waals surface area (Å²) in [5.74, 6) is 1.27. The molecule has 2 heterocycles. The van der Waals surface area contributed by atoms with Crippen molar-refractivity contribution in [1.82, 2.24) is 9.97 Å². The number of benzene rings is 1. The predicted octanol–water partition coefficient (Wildman–Crippen LogP) is 2.48. The average molecular weight is 353 g/mol. The van der Waals surface area contributed by atoms with Crippen LogP contribution in [-0.2, 0) is 11.3 Å². The average Bonchev–Trinajstić information content (AvgIpc) is 3.04. The van der Waals surface area contributed by atoms with Crippen molar-refractivity contribution in [2.75, 3.05) is 11.9 Å². The van der Waals surface area contributed by atoms with Crippen LogP contribution < -0.4 is 15.1 Å². The van der Waals surface area contributed by atoms with Crippen LogP contribution in [0.4, 0.5) is 11.6 Å². The summed E-state index contributed by atoms with van der Waals surface area (Å²) in [6, 6.07) is 5.85. The summed E-state index contributed by atoms with van der Waals surface area (Å²) < 4.78 is 11.4. The Labute approximate surface area is 154 Å². The molecule has 0 amide bonds. The summed E-state index contributed by atoms with van der Waals surface area (Å²) in [6.45, 7) is 2.40. The second-order valence-corrected chi connectivity index (χ2v) is 7.14. The molecule has 6 nitrogen and oxygen atoms in total. The molecular formula is C19H24BN3O3. The van der Waals surface area contributed by atoms with Gasteiger partial charge in [0.2, 0.25) is 11.8 Å². The summed E-state index contributed by atoms with van der Waals surface area (Å²) in [4.78, 5) is 11.1. The Morgan fingerprint density at radius 2 is 2.08 bits per heavy atom. The predicted molar refractivity (Wildman–Crippen MR) is 101 cm³/mol. The van der Waals surface area contributed by atoms with Crippen molar-refractivity contribution in [3.63, 3.8) is 0 Å². The zero-order valence-electron chi connectivity index (χ0n) is 15.3. The summed E-state index contributed by atoms with van der Waals surface area (Å²) >= 11 is 0. The van der Waals surface area contributed by atoms with Crippen molar-refractivity contribution in [3.05, 3.63) is 35.5 Å². The van der Waals surface area contributed by atoms with Crippen LogP contribution in [0, 0.1) is 6.92 Å². The molecule has 1 saturated carbocycles. The molecule has 1 aromatic heterocycles. The highest BCUT2D eigenvalue weighted by Gasteiger charge is 2.27. The molecule has 1 fully saturated rings. The number of aromatic nitrogens is 2. The monoisotopic (exact) mass is 353 g/mol. The van der Waals surface area contributed by atoms with Crippen molar-refractivity contribution >= 4 is 24.2 Å². The Morgan fingerprint density at radius 1 is 1.27 bits per heavy atom. The minimum Gasteiger partial charge on any atom is -0.474 e. The van der Waals surface area contributed by atoms with E-state index in [2.05, 4.69) is 9.97 Å². The lowest BCUT2D eigenvalue weighted by Gasteiger charge is -2.24. The van der Waals surface area contributed by atoms with Crippen LogP contribution in [0.2, 0.25) is 0 Å². The topological polar surface area (TPSA) is 67.7 Å². The first-order chi connectivity index (χ1) is 12.6. The Balaban J connectivity index is 1.56. The third kappa shape index (κ3) is 3.41. The lowest BCUT2D eigenvalue weighted by atomic mass is 9.79. The zero-order valence-corrected chi connectivity index (χ0v) is 15.3. The van der Waals surface area contributed by atoms with Crippen LogP contribution in [0.15, 0.2) is 24.4 Å². The van der Waals surface area contributed by atoms with E-state index >= 15 is 0 Å². The Bertz CT molecular complexity index is 796. The lowest BCUT2D eigenvalue weighted by Crippen LogP contribution is -2.28. The van der Waals surface area contributed by atoms with Crippen molar-refractivity contribution in [1.29, 1.82) is 0 Å². The van der Waals surface area contributed by atoms with Crippen LogP contribution >= 0.6 is 0 Å². The summed E-state index contributed by atoms with van der Waals surface area (Å²) in [6.07, 6.45) is 8.03. The molecule has 1 aliphatic carbocycles. The molecule has 1 aliphatic heterocycles. The van der Waals surface area contributed by atoms with E-state index in [1.807, 2.05) is 43.3 Å². The zero-order chi connectivity index (χ0) is 18.1. The Hall–Kier alpha value is -2.12. The molecule has 2 aliphatic rings. The van der Waals surface area contributed by atoms with Gasteiger partial charge < -0.3 is 19.3 Å². The second kappa shape index (κ2) is 7.25. The minimum atomic E-state index is -0.824. The number of fused-ring (bicyclic) bond motifs is 1. The van der Waals surface area contributed by atoms with Crippen molar-refractivity contribution < 1.29 is 14.4 Å². The van der Waals surface area contributed by atoms with Gasteiger partial charge >= 0.3 is 7.12 Å². The van der Waals surface area contributed by atoms with Crippen LogP contribution in [-0.4, -0.2) is 35.3 Å². The van der Waals surface area contributed by atoms with Crippen LogP contribution in [0.1, 0.15) is 43.2 Å². The van der Waals surface area contributed by atoms with Crippen LogP contribution in [0.25, 0.3) is 0 Å². The first kappa shape index (κ1) is 17.3. The van der Waals surface area contributed by atoms with Gasteiger partial charge in [-0.05, 0) is 55.8 Å². The first-order valence-corrected chi connectivity index (χ1v) is 9.28. The fourth-order valence-electron chi connectivity index (χ4n) is 3.58. The highest BCUT2D eigenvalue weighted by molar-refractivity contribution is 6.61. The van der Waals surface area contributed by atoms with Gasteiger partial charge in [0.05, 0.1) is 6.61 Å². The van der Waals surface area contributed by atoms with Gasteiger partial charge in [-0.15, -0.1) is 0 Å². The molecule has 7 heteroatoms. The maximum Gasteiger partial charge on any atom is 0.491 e. The van der Waals surface area contributed by atoms with Gasteiger partial charge in [-0.1, -0.05) is 12.5 Å². The summed E-state index contributed by atoms with van der Waals surface area (Å²) in [5.41, 5.74) is 3.73. The smallest absolute Gasteiger partial charge is 0.474 e. The largest absolute Gasteiger partial charge is 0.491 e. The Kier molecular flexibility index (Phi) is 4.83. The van der Waals surface area contributed by atoms with E-state index in [4.69, 9.17) is 9.39 Å². The fourth-order valence-corrected chi connectivity index (χ4v) is 3.58. The quantitative estimate of drug-likeness (QED) is 0.852. The van der Waals surface area contributed by atoms with Gasteiger partial charge in [-0.25, -0.2) is 4.98 Å². The highest BCUT2D eigenvalue weighted by atomic mass is 16.5. The molecule has 0 spiro atoms. The van der Waals surface area contributed by atoms with Crippen LogP contribution in [0.5, 0.6) is 5.88 Å². The van der Waals surface area contributed by atoms with E-state index in [1.165, 1.54) is 19.3 Å². The maximum atomic E-state index is 9.77. The standard InChI is InChI=1S/C19H24BN3O3/c1-13-11-21-19(22-18(13)26-16-6-4-3-5-7-16)23(2)15-8-9-17-14(10-15)12-25-20(17)24/h8-11,16,24H,3-7,12H2,1-2H3. The number of rotatable bonds is 4. The molecule has 2 aromatic rings. The number of ether oxygens (including phenoxy) is 1. The molecule has 4 rings (SSSR count). The molecule has 0 unspecified atom stereocenters. The number of hydrogen-bond donors (Lipinski definition) is 1. The number of nitrogens with zero attached hydrogens (tertiary/aromatic N) is 3. The van der Waals surface area contributed by atoms with Crippen LogP contribution in [0.3, 0.4) is 0 Å². The molecule has 0 saturated heterocycles. The SMILES string of the molecule is Cc1cnc(N(C)c2ccc3c(c2)COB3O)nc1OC1CCCCC1. The fraction of sp³-hybridized carbons (Fsp3) is 0.474. The van der Waals surface area contributed by atoms with E-state index in [9.17, 15) is 5.02 Å². The summed E-state index contributed by atoms with van der Waals surface area (Å²) in [5, 5.41) is 9.77. The van der Waals surface area contributed by atoms with E-state index in [1.54, 1.807) is 0 Å². The molecule has 0 radical (unpaired) electrons. The molecule has 136 valence electrons. The number of hydrogen-bond acceptors (Lipinski definition) is 6. The van der Waals surface area contributed by atoms with Crippen molar-refractivity contribution in [2.45, 2.75) is 51.7 Å². The van der Waals surface area contributed by atoms with Gasteiger partial charge in [0.1, 0.15) is 6.10 Å². The van der Waals surface area contributed by atoms with Gasteiger partial charge in [-0.3, -0.25) is 0 Å². The highest BCUT2D eigenvalue weighted by Crippen LogP contribution is 2.28. The lowest BCUT2D eigenvalue weighted by molar-refractivity contribution is 0.147. The van der Waals surface area contributed by atoms with E-state index in [0.29, 0.717) is 18.4 Å².